The molecule has 0 saturated heterocycles. The van der Waals surface area contributed by atoms with Crippen molar-refractivity contribution in [1.29, 1.82) is 0 Å². The van der Waals surface area contributed by atoms with Crippen LogP contribution in [0.1, 0.15) is 16.8 Å². The molecule has 19 heavy (non-hydrogen) atoms. The summed E-state index contributed by atoms with van der Waals surface area (Å²) in [5.41, 5.74) is 9.15. The zero-order valence-corrected chi connectivity index (χ0v) is 10.9. The predicted octanol–water partition coefficient (Wildman–Crippen LogP) is 2.03. The topological polar surface area (TPSA) is 68.0 Å². The second-order valence-corrected chi connectivity index (χ2v) is 4.40. The van der Waals surface area contributed by atoms with E-state index in [2.05, 4.69) is 10.3 Å². The molecule has 2 rings (SSSR count). The molecular formula is C15H17N3O. The van der Waals surface area contributed by atoms with Crippen LogP contribution in [0, 0.1) is 6.92 Å². The fraction of sp³-hybridized carbons (Fsp3) is 0.200. The van der Waals surface area contributed by atoms with Gasteiger partial charge in [-0.15, -0.1) is 0 Å². The Balaban J connectivity index is 2.03. The molecule has 3 N–H and O–H groups in total. The molecule has 0 fully saturated rings. The van der Waals surface area contributed by atoms with Gasteiger partial charge in [-0.3, -0.25) is 9.78 Å². The van der Waals surface area contributed by atoms with Gasteiger partial charge in [0.1, 0.15) is 0 Å². The lowest BCUT2D eigenvalue weighted by molar-refractivity contribution is -0.115. The van der Waals surface area contributed by atoms with Crippen molar-refractivity contribution in [3.05, 3.63) is 59.4 Å². The first-order chi connectivity index (χ1) is 9.19. The predicted molar refractivity (Wildman–Crippen MR) is 75.6 cm³/mol. The quantitative estimate of drug-likeness (QED) is 0.878. The molecule has 1 amide bonds. The highest BCUT2D eigenvalue weighted by atomic mass is 16.1. The van der Waals surface area contributed by atoms with Crippen LogP contribution in [0.2, 0.25) is 0 Å². The van der Waals surface area contributed by atoms with E-state index in [9.17, 15) is 4.79 Å². The summed E-state index contributed by atoms with van der Waals surface area (Å²) in [5.74, 6) is -0.0732. The minimum Gasteiger partial charge on any atom is -0.326 e. The second-order valence-electron chi connectivity index (χ2n) is 4.40. The van der Waals surface area contributed by atoms with E-state index in [0.717, 1.165) is 22.5 Å². The monoisotopic (exact) mass is 255 g/mol. The fourth-order valence-electron chi connectivity index (χ4n) is 1.84. The average Bonchev–Trinajstić information content (AvgIpc) is 2.41. The number of aromatic nitrogens is 1. The molecule has 4 heteroatoms. The molecule has 0 spiro atoms. The van der Waals surface area contributed by atoms with E-state index >= 15 is 0 Å². The van der Waals surface area contributed by atoms with Crippen LogP contribution in [0.5, 0.6) is 0 Å². The van der Waals surface area contributed by atoms with E-state index in [1.54, 1.807) is 6.20 Å². The third-order valence-corrected chi connectivity index (χ3v) is 2.89. The Kier molecular flexibility index (Phi) is 4.26. The highest BCUT2D eigenvalue weighted by Crippen LogP contribution is 2.11. The molecular weight excluding hydrogens is 238 g/mol. The Bertz CT molecular complexity index is 581. The fourth-order valence-corrected chi connectivity index (χ4v) is 1.84. The van der Waals surface area contributed by atoms with Crippen LogP contribution in [-0.2, 0) is 17.8 Å². The summed E-state index contributed by atoms with van der Waals surface area (Å²) >= 11 is 0. The molecule has 0 bridgehead atoms. The number of hydrogen-bond acceptors (Lipinski definition) is 3. The Morgan fingerprint density at radius 2 is 2.16 bits per heavy atom. The normalized spacial score (nSPS) is 10.2. The van der Waals surface area contributed by atoms with Gasteiger partial charge < -0.3 is 11.1 Å². The molecule has 1 heterocycles. The van der Waals surface area contributed by atoms with E-state index in [-0.39, 0.29) is 12.3 Å². The molecule has 2 aromatic rings. The van der Waals surface area contributed by atoms with Crippen molar-refractivity contribution >= 4 is 11.6 Å². The van der Waals surface area contributed by atoms with Crippen molar-refractivity contribution in [1.82, 2.24) is 4.98 Å². The number of amides is 1. The molecule has 4 nitrogen and oxygen atoms in total. The van der Waals surface area contributed by atoms with Crippen LogP contribution in [0.4, 0.5) is 5.69 Å². The van der Waals surface area contributed by atoms with Gasteiger partial charge in [0.15, 0.2) is 0 Å². The summed E-state index contributed by atoms with van der Waals surface area (Å²) in [6.07, 6.45) is 1.98. The van der Waals surface area contributed by atoms with Crippen LogP contribution in [-0.4, -0.2) is 10.9 Å². The molecule has 0 aliphatic heterocycles. The number of aryl methyl sites for hydroxylation is 1. The lowest BCUT2D eigenvalue weighted by Crippen LogP contribution is -2.16. The second kappa shape index (κ2) is 6.11. The van der Waals surface area contributed by atoms with Crippen LogP contribution in [0.25, 0.3) is 0 Å². The molecule has 0 saturated carbocycles. The zero-order valence-electron chi connectivity index (χ0n) is 10.9. The van der Waals surface area contributed by atoms with Crippen molar-refractivity contribution in [3.8, 4) is 0 Å². The first kappa shape index (κ1) is 13.2. The number of hydrogen-bond donors (Lipinski definition) is 2. The van der Waals surface area contributed by atoms with Gasteiger partial charge in [0, 0.05) is 18.4 Å². The summed E-state index contributed by atoms with van der Waals surface area (Å²) in [6.45, 7) is 2.41. The number of anilines is 1. The zero-order chi connectivity index (χ0) is 13.7. The van der Waals surface area contributed by atoms with Gasteiger partial charge in [0.25, 0.3) is 0 Å². The van der Waals surface area contributed by atoms with E-state index in [0.29, 0.717) is 6.54 Å². The molecule has 0 aliphatic rings. The van der Waals surface area contributed by atoms with E-state index in [1.807, 2.05) is 43.3 Å². The van der Waals surface area contributed by atoms with Crippen molar-refractivity contribution in [2.45, 2.75) is 19.9 Å². The van der Waals surface area contributed by atoms with Crippen LogP contribution < -0.4 is 11.1 Å². The Morgan fingerprint density at radius 1 is 1.32 bits per heavy atom. The summed E-state index contributed by atoms with van der Waals surface area (Å²) in [6, 6.07) is 11.3. The maximum Gasteiger partial charge on any atom is 0.230 e. The molecule has 0 atom stereocenters. The number of carbonyl (C=O) groups excluding carboxylic acids is 1. The maximum atomic E-state index is 12.0. The van der Waals surface area contributed by atoms with Crippen molar-refractivity contribution in [2.24, 2.45) is 5.73 Å². The molecule has 1 aromatic carbocycles. The highest BCUT2D eigenvalue weighted by molar-refractivity contribution is 5.92. The number of nitrogens with zero attached hydrogens (tertiary/aromatic N) is 1. The van der Waals surface area contributed by atoms with Crippen molar-refractivity contribution in [2.75, 3.05) is 5.32 Å². The van der Waals surface area contributed by atoms with Crippen LogP contribution in [0.3, 0.4) is 0 Å². The highest BCUT2D eigenvalue weighted by Gasteiger charge is 2.07. The van der Waals surface area contributed by atoms with Gasteiger partial charge in [-0.2, -0.15) is 0 Å². The number of benzene rings is 1. The van der Waals surface area contributed by atoms with Crippen LogP contribution in [0.15, 0.2) is 42.6 Å². The largest absolute Gasteiger partial charge is 0.326 e. The van der Waals surface area contributed by atoms with Gasteiger partial charge >= 0.3 is 0 Å². The Hall–Kier alpha value is -2.20. The maximum absolute atomic E-state index is 12.0. The first-order valence-electron chi connectivity index (χ1n) is 6.18. The number of rotatable bonds is 4. The third-order valence-electron chi connectivity index (χ3n) is 2.89. The summed E-state index contributed by atoms with van der Waals surface area (Å²) in [4.78, 5) is 16.2. The number of carbonyl (C=O) groups is 1. The average molecular weight is 255 g/mol. The lowest BCUT2D eigenvalue weighted by Gasteiger charge is -2.07. The van der Waals surface area contributed by atoms with Crippen molar-refractivity contribution in [3.63, 3.8) is 0 Å². The first-order valence-corrected chi connectivity index (χ1v) is 6.18. The van der Waals surface area contributed by atoms with E-state index < -0.39 is 0 Å². The molecule has 98 valence electrons. The van der Waals surface area contributed by atoms with E-state index in [4.69, 9.17) is 5.73 Å². The molecule has 0 radical (unpaired) electrons. The van der Waals surface area contributed by atoms with Crippen molar-refractivity contribution < 1.29 is 4.79 Å². The summed E-state index contributed by atoms with van der Waals surface area (Å²) < 4.78 is 0. The van der Waals surface area contributed by atoms with E-state index in [1.165, 1.54) is 0 Å². The molecule has 0 unspecified atom stereocenters. The SMILES string of the molecule is Cc1cccnc1CC(=O)Nc1cccc(CN)c1. The standard InChI is InChI=1S/C15H17N3O/c1-11-4-3-7-17-14(11)9-15(19)18-13-6-2-5-12(8-13)10-16/h2-8H,9-10,16H2,1H3,(H,18,19). The molecule has 0 aliphatic carbocycles. The molecule has 1 aromatic heterocycles. The van der Waals surface area contributed by atoms with Gasteiger partial charge in [-0.1, -0.05) is 18.2 Å². The lowest BCUT2D eigenvalue weighted by atomic mass is 10.1. The smallest absolute Gasteiger partial charge is 0.230 e. The minimum absolute atomic E-state index is 0.0732. The van der Waals surface area contributed by atoms with Gasteiger partial charge in [-0.05, 0) is 36.2 Å². The number of pyridine rings is 1. The van der Waals surface area contributed by atoms with Gasteiger partial charge in [-0.25, -0.2) is 0 Å². The summed E-state index contributed by atoms with van der Waals surface area (Å²) in [7, 11) is 0. The number of nitrogens with one attached hydrogen (secondary N) is 1. The summed E-state index contributed by atoms with van der Waals surface area (Å²) in [5, 5.41) is 2.86. The minimum atomic E-state index is -0.0732. The Labute approximate surface area is 112 Å². The van der Waals surface area contributed by atoms with Gasteiger partial charge in [0.05, 0.1) is 12.1 Å². The van der Waals surface area contributed by atoms with Crippen LogP contribution >= 0.6 is 0 Å². The number of nitrogens with two attached hydrogens (primary N) is 1. The third kappa shape index (κ3) is 3.63. The Morgan fingerprint density at radius 3 is 2.89 bits per heavy atom. The van der Waals surface area contributed by atoms with Gasteiger partial charge in [0.2, 0.25) is 5.91 Å².